The van der Waals surface area contributed by atoms with Gasteiger partial charge in [-0.1, -0.05) is 42.0 Å². The number of pyridine rings is 1. The Bertz CT molecular complexity index is 994. The number of allylic oxidation sites excluding steroid dienone is 1. The molecule has 1 aliphatic rings. The lowest BCUT2D eigenvalue weighted by Crippen LogP contribution is -2.28. The lowest BCUT2D eigenvalue weighted by molar-refractivity contribution is -0.121. The summed E-state index contributed by atoms with van der Waals surface area (Å²) in [6.45, 7) is 1.07. The number of nitrogens with zero attached hydrogens (tertiary/aromatic N) is 2. The van der Waals surface area contributed by atoms with Crippen molar-refractivity contribution >= 4 is 28.6 Å². The second-order valence-electron chi connectivity index (χ2n) is 7.47. The molecule has 1 aromatic carbocycles. The second kappa shape index (κ2) is 9.79. The molecule has 150 valence electrons. The highest BCUT2D eigenvalue weighted by molar-refractivity contribution is 7.98. The normalized spacial score (nSPS) is 14.0. The number of rotatable bonds is 8. The maximum Gasteiger partial charge on any atom is 0.239 e. The fourth-order valence-corrected chi connectivity index (χ4v) is 4.74. The first-order valence-electron chi connectivity index (χ1n) is 10.3. The van der Waals surface area contributed by atoms with Gasteiger partial charge in [0.15, 0.2) is 0 Å². The first-order valence-corrected chi connectivity index (χ1v) is 11.3. The van der Waals surface area contributed by atoms with Gasteiger partial charge in [0.1, 0.15) is 11.6 Å². The van der Waals surface area contributed by atoms with E-state index in [4.69, 9.17) is 0 Å². The molecule has 0 aliphatic heterocycles. The van der Waals surface area contributed by atoms with E-state index in [9.17, 15) is 4.79 Å². The molecule has 0 radical (unpaired) electrons. The van der Waals surface area contributed by atoms with Crippen LogP contribution in [0.3, 0.4) is 0 Å². The lowest BCUT2D eigenvalue weighted by Gasteiger charge is -2.13. The Morgan fingerprint density at radius 3 is 2.86 bits per heavy atom. The van der Waals surface area contributed by atoms with Crippen LogP contribution in [0.2, 0.25) is 0 Å². The molecular formula is C24H27N3OS. The van der Waals surface area contributed by atoms with Gasteiger partial charge in [-0.15, -0.1) is 11.8 Å². The number of nitrogens with one attached hydrogen (secondary N) is 1. The molecule has 2 heterocycles. The highest BCUT2D eigenvalue weighted by atomic mass is 32.2. The number of benzene rings is 1. The van der Waals surface area contributed by atoms with Crippen molar-refractivity contribution in [2.24, 2.45) is 0 Å². The van der Waals surface area contributed by atoms with Crippen molar-refractivity contribution in [2.75, 3.05) is 6.54 Å². The molecule has 0 unspecified atom stereocenters. The summed E-state index contributed by atoms with van der Waals surface area (Å²) in [5.41, 5.74) is 3.83. The fourth-order valence-electron chi connectivity index (χ4n) is 3.78. The first kappa shape index (κ1) is 19.8. The average Bonchev–Trinajstić information content (AvgIpc) is 3.17. The number of carbonyl (C=O) groups excluding carboxylic acids is 1. The molecule has 3 aromatic rings. The minimum absolute atomic E-state index is 0.0641. The van der Waals surface area contributed by atoms with Crippen molar-refractivity contribution < 1.29 is 4.79 Å². The highest BCUT2D eigenvalue weighted by Crippen LogP contribution is 2.29. The Labute approximate surface area is 176 Å². The molecule has 0 spiro atoms. The van der Waals surface area contributed by atoms with E-state index in [0.717, 1.165) is 34.6 Å². The third-order valence-electron chi connectivity index (χ3n) is 5.35. The van der Waals surface area contributed by atoms with Crippen LogP contribution in [0.25, 0.3) is 10.9 Å². The fraction of sp³-hybridized carbons (Fsp3) is 0.333. The predicted octanol–water partition coefficient (Wildman–Crippen LogP) is 5.34. The van der Waals surface area contributed by atoms with Gasteiger partial charge in [0, 0.05) is 30.1 Å². The van der Waals surface area contributed by atoms with Crippen LogP contribution in [0.1, 0.15) is 37.7 Å². The molecule has 1 N–H and O–H groups in total. The van der Waals surface area contributed by atoms with Crippen molar-refractivity contribution in [1.82, 2.24) is 14.9 Å². The average molecular weight is 406 g/mol. The molecule has 5 heteroatoms. The van der Waals surface area contributed by atoms with Gasteiger partial charge in [-0.3, -0.25) is 4.79 Å². The molecule has 4 nitrogen and oxygen atoms in total. The summed E-state index contributed by atoms with van der Waals surface area (Å²) in [5, 5.41) is 5.19. The monoisotopic (exact) mass is 405 g/mol. The molecule has 0 saturated heterocycles. The summed E-state index contributed by atoms with van der Waals surface area (Å²) < 4.78 is 2.01. The van der Waals surface area contributed by atoms with E-state index in [1.165, 1.54) is 36.8 Å². The minimum atomic E-state index is 0.0641. The largest absolute Gasteiger partial charge is 0.354 e. The molecular weight excluding hydrogens is 378 g/mol. The van der Waals surface area contributed by atoms with Crippen LogP contribution >= 0.6 is 11.8 Å². The number of thioether (sulfide) groups is 1. The Morgan fingerprint density at radius 2 is 2.03 bits per heavy atom. The molecule has 1 aliphatic carbocycles. The first-order chi connectivity index (χ1) is 14.3. The quantitative estimate of drug-likeness (QED) is 0.407. The summed E-state index contributed by atoms with van der Waals surface area (Å²) in [6, 6.07) is 14.5. The zero-order valence-corrected chi connectivity index (χ0v) is 17.5. The lowest BCUT2D eigenvalue weighted by atomic mass is 9.97. The van der Waals surface area contributed by atoms with Crippen LogP contribution in [0.4, 0.5) is 0 Å². The van der Waals surface area contributed by atoms with E-state index in [1.54, 1.807) is 11.8 Å². The number of hydrogen-bond donors (Lipinski definition) is 1. The van der Waals surface area contributed by atoms with Gasteiger partial charge in [-0.05, 0) is 49.8 Å². The predicted molar refractivity (Wildman–Crippen MR) is 120 cm³/mol. The zero-order chi connectivity index (χ0) is 19.9. The van der Waals surface area contributed by atoms with E-state index in [1.807, 2.05) is 29.1 Å². The van der Waals surface area contributed by atoms with E-state index in [2.05, 4.69) is 46.7 Å². The van der Waals surface area contributed by atoms with Gasteiger partial charge < -0.3 is 9.88 Å². The van der Waals surface area contributed by atoms with Crippen LogP contribution in [0.5, 0.6) is 0 Å². The second-order valence-corrected chi connectivity index (χ2v) is 8.44. The van der Waals surface area contributed by atoms with Crippen LogP contribution < -0.4 is 5.32 Å². The molecule has 0 bridgehead atoms. The molecule has 0 atom stereocenters. The number of fused-ring (bicyclic) bond motifs is 1. The van der Waals surface area contributed by atoms with Crippen molar-refractivity contribution in [3.63, 3.8) is 0 Å². The number of aromatic nitrogens is 2. The highest BCUT2D eigenvalue weighted by Gasteiger charge is 2.11. The maximum absolute atomic E-state index is 12.4. The minimum Gasteiger partial charge on any atom is -0.354 e. The van der Waals surface area contributed by atoms with E-state index in [-0.39, 0.29) is 5.91 Å². The van der Waals surface area contributed by atoms with Crippen LogP contribution in [-0.4, -0.2) is 22.0 Å². The van der Waals surface area contributed by atoms with Gasteiger partial charge in [0.05, 0.1) is 5.52 Å². The van der Waals surface area contributed by atoms with Crippen molar-refractivity contribution in [3.05, 3.63) is 72.1 Å². The topological polar surface area (TPSA) is 46.9 Å². The number of carbonyl (C=O) groups is 1. The molecule has 0 saturated carbocycles. The summed E-state index contributed by atoms with van der Waals surface area (Å²) >= 11 is 1.73. The maximum atomic E-state index is 12.4. The van der Waals surface area contributed by atoms with E-state index < -0.39 is 0 Å². The third-order valence-corrected chi connectivity index (χ3v) is 6.42. The Kier molecular flexibility index (Phi) is 6.67. The summed E-state index contributed by atoms with van der Waals surface area (Å²) in [5.74, 6) is 0.947. The van der Waals surface area contributed by atoms with E-state index >= 15 is 0 Å². The third kappa shape index (κ3) is 5.30. The SMILES string of the molecule is O=C(Cn1ccc2c(SCc3ccccc3)nccc21)NCCC1=CCCCC1. The van der Waals surface area contributed by atoms with Crippen LogP contribution in [0.15, 0.2) is 71.5 Å². The van der Waals surface area contributed by atoms with Gasteiger partial charge in [-0.25, -0.2) is 4.98 Å². The standard InChI is InChI=1S/C24H27N3OS/c28-23(25-14-11-19-7-3-1-4-8-19)17-27-16-13-21-22(27)12-15-26-24(21)29-18-20-9-5-2-6-10-20/h2,5-7,9-10,12-13,15-16H,1,3-4,8,11,14,17-18H2,(H,25,28). The van der Waals surface area contributed by atoms with E-state index in [0.29, 0.717) is 6.54 Å². The van der Waals surface area contributed by atoms with Crippen molar-refractivity contribution in [1.29, 1.82) is 0 Å². The van der Waals surface area contributed by atoms with Gasteiger partial charge in [0.25, 0.3) is 0 Å². The molecule has 4 rings (SSSR count). The molecule has 2 aromatic heterocycles. The van der Waals surface area contributed by atoms with Crippen LogP contribution in [0, 0.1) is 0 Å². The smallest absolute Gasteiger partial charge is 0.239 e. The van der Waals surface area contributed by atoms with Gasteiger partial charge in [0.2, 0.25) is 5.91 Å². The molecule has 0 fully saturated rings. The van der Waals surface area contributed by atoms with Gasteiger partial charge in [-0.2, -0.15) is 0 Å². The summed E-state index contributed by atoms with van der Waals surface area (Å²) in [4.78, 5) is 17.0. The van der Waals surface area contributed by atoms with Gasteiger partial charge >= 0.3 is 0 Å². The van der Waals surface area contributed by atoms with Crippen molar-refractivity contribution in [2.45, 2.75) is 49.4 Å². The summed E-state index contributed by atoms with van der Waals surface area (Å²) in [6.07, 6.45) is 12.1. The van der Waals surface area contributed by atoms with Crippen molar-refractivity contribution in [3.8, 4) is 0 Å². The molecule has 29 heavy (non-hydrogen) atoms. The molecule has 1 amide bonds. The Balaban J connectivity index is 1.35. The number of hydrogen-bond acceptors (Lipinski definition) is 3. The summed E-state index contributed by atoms with van der Waals surface area (Å²) in [7, 11) is 0. The van der Waals surface area contributed by atoms with Crippen LogP contribution in [-0.2, 0) is 17.1 Å². The number of amides is 1. The Hall–Kier alpha value is -2.53. The zero-order valence-electron chi connectivity index (χ0n) is 16.6. The Morgan fingerprint density at radius 1 is 1.14 bits per heavy atom.